The Morgan fingerprint density at radius 3 is 2.33 bits per heavy atom. The average molecular weight is 430 g/mol. The molecule has 158 valence electrons. The Kier molecular flexibility index (Phi) is 5.55. The number of nitrogens with zero attached hydrogens (tertiary/aromatic N) is 3. The number of piperazine rings is 2. The van der Waals surface area contributed by atoms with Gasteiger partial charge in [0.25, 0.3) is 11.8 Å². The topological polar surface area (TPSA) is 43.9 Å². The average Bonchev–Trinajstić information content (AvgIpc) is 2.72. The molecule has 2 aromatic rings. The summed E-state index contributed by atoms with van der Waals surface area (Å²) in [6.07, 6.45) is 0. The van der Waals surface area contributed by atoms with Gasteiger partial charge in [-0.05, 0) is 50.2 Å². The minimum atomic E-state index is -0.506. The zero-order valence-electron chi connectivity index (χ0n) is 17.1. The van der Waals surface area contributed by atoms with Crippen LogP contribution in [0, 0.1) is 5.82 Å². The molecule has 0 saturated carbocycles. The number of halogens is 2. The third kappa shape index (κ3) is 3.94. The van der Waals surface area contributed by atoms with Gasteiger partial charge in [-0.3, -0.25) is 14.5 Å². The Bertz CT molecular complexity index is 963. The smallest absolute Gasteiger partial charge is 0.256 e. The van der Waals surface area contributed by atoms with Crippen molar-refractivity contribution in [1.29, 1.82) is 0 Å². The molecule has 5 nitrogen and oxygen atoms in total. The molecule has 2 aliphatic rings. The number of hydrogen-bond acceptors (Lipinski definition) is 3. The molecule has 2 aliphatic heterocycles. The Morgan fingerprint density at radius 2 is 1.63 bits per heavy atom. The Balaban J connectivity index is 1.53. The number of benzene rings is 2. The lowest BCUT2D eigenvalue weighted by Crippen LogP contribution is -2.70. The van der Waals surface area contributed by atoms with Crippen molar-refractivity contribution in [3.05, 3.63) is 70.5 Å². The first-order valence-electron chi connectivity index (χ1n) is 10.1. The molecule has 0 bridgehead atoms. The number of carbonyl (C=O) groups excluding carboxylic acids is 2. The molecule has 1 atom stereocenters. The largest absolute Gasteiger partial charge is 0.336 e. The van der Waals surface area contributed by atoms with Crippen LogP contribution in [0.15, 0.2) is 48.5 Å². The van der Waals surface area contributed by atoms with Gasteiger partial charge in [0.15, 0.2) is 0 Å². The van der Waals surface area contributed by atoms with Crippen LogP contribution in [-0.2, 0) is 0 Å². The lowest BCUT2D eigenvalue weighted by Gasteiger charge is -2.55. The normalized spacial score (nSPS) is 21.3. The maximum atomic E-state index is 14.1. The monoisotopic (exact) mass is 429 g/mol. The maximum Gasteiger partial charge on any atom is 0.256 e. The first-order valence-corrected chi connectivity index (χ1v) is 10.5. The molecular formula is C23H25ClFN3O2. The second-order valence-electron chi connectivity index (χ2n) is 8.58. The number of rotatable bonds is 2. The van der Waals surface area contributed by atoms with Crippen LogP contribution in [0.5, 0.6) is 0 Å². The molecule has 7 heteroatoms. The molecule has 2 aromatic carbocycles. The molecule has 2 amide bonds. The van der Waals surface area contributed by atoms with E-state index in [4.69, 9.17) is 11.6 Å². The summed E-state index contributed by atoms with van der Waals surface area (Å²) < 4.78 is 14.1. The lowest BCUT2D eigenvalue weighted by molar-refractivity contribution is -0.0507. The van der Waals surface area contributed by atoms with E-state index in [2.05, 4.69) is 18.7 Å². The van der Waals surface area contributed by atoms with Gasteiger partial charge in [-0.15, -0.1) is 0 Å². The molecule has 0 N–H and O–H groups in total. The standard InChI is InChI=1S/C23H25ClFN3O2/c1-23(2)15-27(21(29)16-7-9-17(24)10-8-16)14-18-13-26(11-12-28(18)23)22(30)19-5-3-4-6-20(19)25/h3-10,18H,11-15H2,1-2H3. The highest BCUT2D eigenvalue weighted by atomic mass is 35.5. The van der Waals surface area contributed by atoms with Crippen LogP contribution in [0.2, 0.25) is 5.02 Å². The van der Waals surface area contributed by atoms with Gasteiger partial charge in [-0.2, -0.15) is 0 Å². The van der Waals surface area contributed by atoms with E-state index in [0.29, 0.717) is 43.3 Å². The first-order chi connectivity index (χ1) is 14.3. The van der Waals surface area contributed by atoms with E-state index in [0.717, 1.165) is 0 Å². The van der Waals surface area contributed by atoms with E-state index in [1.165, 1.54) is 12.1 Å². The fourth-order valence-electron chi connectivity index (χ4n) is 4.60. The van der Waals surface area contributed by atoms with E-state index in [1.807, 2.05) is 4.90 Å². The number of amides is 2. The van der Waals surface area contributed by atoms with E-state index in [9.17, 15) is 14.0 Å². The van der Waals surface area contributed by atoms with Gasteiger partial charge >= 0.3 is 0 Å². The Labute approximate surface area is 181 Å². The van der Waals surface area contributed by atoms with E-state index in [1.54, 1.807) is 41.3 Å². The molecule has 2 heterocycles. The predicted molar refractivity (Wildman–Crippen MR) is 114 cm³/mol. The van der Waals surface area contributed by atoms with Gasteiger partial charge in [-0.25, -0.2) is 4.39 Å². The molecule has 2 fully saturated rings. The molecule has 0 aromatic heterocycles. The Morgan fingerprint density at radius 1 is 0.967 bits per heavy atom. The van der Waals surface area contributed by atoms with Crippen molar-refractivity contribution in [3.63, 3.8) is 0 Å². The SMILES string of the molecule is CC1(C)CN(C(=O)c2ccc(Cl)cc2)CC2CN(C(=O)c3ccccc3F)CCN21. The summed E-state index contributed by atoms with van der Waals surface area (Å²) >= 11 is 5.95. The van der Waals surface area contributed by atoms with Crippen molar-refractivity contribution in [3.8, 4) is 0 Å². The highest BCUT2D eigenvalue weighted by molar-refractivity contribution is 6.30. The summed E-state index contributed by atoms with van der Waals surface area (Å²) in [4.78, 5) is 31.9. The third-order valence-corrected chi connectivity index (χ3v) is 6.29. The summed E-state index contributed by atoms with van der Waals surface area (Å²) in [5.74, 6) is -0.850. The summed E-state index contributed by atoms with van der Waals surface area (Å²) in [6, 6.07) is 13.0. The van der Waals surface area contributed by atoms with E-state index < -0.39 is 5.82 Å². The molecule has 0 aliphatic carbocycles. The molecule has 0 radical (unpaired) electrons. The van der Waals surface area contributed by atoms with Gasteiger partial charge in [0.1, 0.15) is 5.82 Å². The zero-order chi connectivity index (χ0) is 21.5. The fourth-order valence-corrected chi connectivity index (χ4v) is 4.73. The molecule has 2 saturated heterocycles. The number of carbonyl (C=O) groups is 2. The van der Waals surface area contributed by atoms with E-state index >= 15 is 0 Å². The van der Waals surface area contributed by atoms with Gasteiger partial charge in [0.2, 0.25) is 0 Å². The molecule has 1 unspecified atom stereocenters. The van der Waals surface area contributed by atoms with Gasteiger partial charge in [0.05, 0.1) is 5.56 Å². The summed E-state index contributed by atoms with van der Waals surface area (Å²) in [5.41, 5.74) is 0.465. The van der Waals surface area contributed by atoms with Crippen LogP contribution in [0.4, 0.5) is 4.39 Å². The van der Waals surface area contributed by atoms with Crippen LogP contribution in [-0.4, -0.2) is 70.8 Å². The van der Waals surface area contributed by atoms with Crippen LogP contribution in [0.1, 0.15) is 34.6 Å². The minimum absolute atomic E-state index is 0.00512. The van der Waals surface area contributed by atoms with Crippen LogP contribution < -0.4 is 0 Å². The fraction of sp³-hybridized carbons (Fsp3) is 0.391. The van der Waals surface area contributed by atoms with Crippen molar-refractivity contribution >= 4 is 23.4 Å². The predicted octanol–water partition coefficient (Wildman–Crippen LogP) is 3.54. The first kappa shape index (κ1) is 20.8. The molecule has 0 spiro atoms. The number of hydrogen-bond donors (Lipinski definition) is 0. The van der Waals surface area contributed by atoms with Crippen molar-refractivity contribution in [2.75, 3.05) is 32.7 Å². The van der Waals surface area contributed by atoms with Gasteiger partial charge in [0, 0.05) is 54.9 Å². The highest BCUT2D eigenvalue weighted by Crippen LogP contribution is 2.30. The summed E-state index contributed by atoms with van der Waals surface area (Å²) in [6.45, 7) is 7.06. The zero-order valence-corrected chi connectivity index (χ0v) is 17.9. The highest BCUT2D eigenvalue weighted by Gasteiger charge is 2.44. The second-order valence-corrected chi connectivity index (χ2v) is 9.02. The van der Waals surface area contributed by atoms with Crippen LogP contribution in [0.3, 0.4) is 0 Å². The second kappa shape index (κ2) is 8.00. The maximum absolute atomic E-state index is 14.1. The third-order valence-electron chi connectivity index (χ3n) is 6.04. The summed E-state index contributed by atoms with van der Waals surface area (Å²) in [7, 11) is 0. The van der Waals surface area contributed by atoms with Gasteiger partial charge in [-0.1, -0.05) is 23.7 Å². The van der Waals surface area contributed by atoms with Crippen molar-refractivity contribution in [2.45, 2.75) is 25.4 Å². The van der Waals surface area contributed by atoms with Crippen LogP contribution in [0.25, 0.3) is 0 Å². The minimum Gasteiger partial charge on any atom is -0.336 e. The number of fused-ring (bicyclic) bond motifs is 1. The van der Waals surface area contributed by atoms with Crippen molar-refractivity contribution in [2.24, 2.45) is 0 Å². The van der Waals surface area contributed by atoms with Crippen molar-refractivity contribution < 1.29 is 14.0 Å². The molecular weight excluding hydrogens is 405 g/mol. The van der Waals surface area contributed by atoms with Crippen molar-refractivity contribution in [1.82, 2.24) is 14.7 Å². The summed E-state index contributed by atoms with van der Waals surface area (Å²) in [5, 5.41) is 0.589. The quantitative estimate of drug-likeness (QED) is 0.733. The lowest BCUT2D eigenvalue weighted by atomic mass is 9.92. The Hall–Kier alpha value is -2.44. The van der Waals surface area contributed by atoms with E-state index in [-0.39, 0.29) is 29.0 Å². The van der Waals surface area contributed by atoms with Crippen LogP contribution >= 0.6 is 11.6 Å². The molecule has 30 heavy (non-hydrogen) atoms. The van der Waals surface area contributed by atoms with Gasteiger partial charge < -0.3 is 9.80 Å². The molecule has 4 rings (SSSR count).